The van der Waals surface area contributed by atoms with Gasteiger partial charge in [0.2, 0.25) is 0 Å². The van der Waals surface area contributed by atoms with E-state index in [2.05, 4.69) is 81.4 Å². The number of benzene rings is 2. The van der Waals surface area contributed by atoms with E-state index in [1.54, 1.807) is 6.92 Å². The first-order valence-corrected chi connectivity index (χ1v) is 20.4. The fraction of sp³-hybridized carbons (Fsp3) is 0.667. The second-order valence-electron chi connectivity index (χ2n) is 12.6. The lowest BCUT2D eigenvalue weighted by Gasteiger charge is -2.43. The van der Waals surface area contributed by atoms with Crippen molar-refractivity contribution in [1.29, 1.82) is 0 Å². The van der Waals surface area contributed by atoms with Crippen molar-refractivity contribution in [3.05, 3.63) is 60.7 Å². The van der Waals surface area contributed by atoms with Crippen LogP contribution in [0.3, 0.4) is 0 Å². The average Bonchev–Trinajstić information content (AvgIpc) is 3.14. The van der Waals surface area contributed by atoms with Gasteiger partial charge >= 0.3 is 5.97 Å². The lowest BCUT2D eigenvalue weighted by molar-refractivity contribution is -0.144. The Morgan fingerprint density at radius 1 is 0.462 bits per heavy atom. The number of ether oxygens (including phenoxy) is 10. The first kappa shape index (κ1) is 45.9. The number of rotatable bonds is 34. The predicted molar refractivity (Wildman–Crippen MR) is 202 cm³/mol. The molecule has 0 saturated heterocycles. The van der Waals surface area contributed by atoms with E-state index in [1.807, 2.05) is 0 Å². The van der Waals surface area contributed by atoms with Crippen molar-refractivity contribution in [2.75, 3.05) is 132 Å². The third kappa shape index (κ3) is 20.3. The Labute approximate surface area is 312 Å². The highest BCUT2D eigenvalue weighted by Crippen LogP contribution is 2.36. The minimum Gasteiger partial charge on any atom is -0.466 e. The SMILES string of the molecule is CCOC(=O)CCOCCOCCOCCOCCOCCOCCOCCOCCOCCO[Si](c1ccccc1)(c1ccccc1)C(C)(C)C. The standard InChI is InChI=1S/C39H64O12Si/c1-5-50-38(40)16-17-41-18-19-42-20-21-43-22-23-44-24-25-45-26-27-46-28-29-47-30-31-48-32-33-49-34-35-51-52(39(2,3)4,36-12-8-6-9-13-36)37-14-10-7-11-15-37/h6-15H,5,16-35H2,1-4H3. The quantitative estimate of drug-likeness (QED) is 0.0590. The zero-order valence-corrected chi connectivity index (χ0v) is 33.0. The first-order valence-electron chi connectivity index (χ1n) is 18.5. The third-order valence-electron chi connectivity index (χ3n) is 7.69. The molecule has 2 rings (SSSR count). The summed E-state index contributed by atoms with van der Waals surface area (Å²) in [6.07, 6.45) is 0.256. The molecule has 52 heavy (non-hydrogen) atoms. The fourth-order valence-corrected chi connectivity index (χ4v) is 9.81. The summed E-state index contributed by atoms with van der Waals surface area (Å²) in [6, 6.07) is 21.3. The average molecular weight is 753 g/mol. The van der Waals surface area contributed by atoms with Crippen molar-refractivity contribution in [3.8, 4) is 0 Å². The van der Waals surface area contributed by atoms with Gasteiger partial charge in [-0.1, -0.05) is 81.4 Å². The van der Waals surface area contributed by atoms with Crippen LogP contribution in [0.15, 0.2) is 60.7 Å². The third-order valence-corrected chi connectivity index (χ3v) is 12.7. The maximum absolute atomic E-state index is 11.2. The molecule has 0 atom stereocenters. The molecule has 0 amide bonds. The molecule has 0 fully saturated rings. The zero-order valence-electron chi connectivity index (χ0n) is 32.0. The minimum atomic E-state index is -2.54. The Morgan fingerprint density at radius 3 is 1.04 bits per heavy atom. The summed E-state index contributed by atoms with van der Waals surface area (Å²) in [5.41, 5.74) is 0. The second-order valence-corrected chi connectivity index (χ2v) is 16.9. The maximum Gasteiger partial charge on any atom is 0.308 e. The lowest BCUT2D eigenvalue weighted by Crippen LogP contribution is -2.66. The Morgan fingerprint density at radius 2 is 0.750 bits per heavy atom. The smallest absolute Gasteiger partial charge is 0.308 e. The first-order chi connectivity index (χ1) is 25.4. The van der Waals surface area contributed by atoms with Crippen LogP contribution < -0.4 is 10.4 Å². The number of esters is 1. The molecule has 0 saturated carbocycles. The molecule has 0 spiro atoms. The number of carbonyl (C=O) groups excluding carboxylic acids is 1. The Kier molecular flexibility index (Phi) is 26.6. The summed E-state index contributed by atoms with van der Waals surface area (Å²) in [5, 5.41) is 2.47. The molecule has 0 aliphatic carbocycles. The van der Waals surface area contributed by atoms with Gasteiger partial charge in [-0.2, -0.15) is 0 Å². The van der Waals surface area contributed by atoms with Crippen LogP contribution in [0.5, 0.6) is 0 Å². The van der Waals surface area contributed by atoms with Crippen LogP contribution in [0.25, 0.3) is 0 Å². The van der Waals surface area contributed by atoms with E-state index < -0.39 is 8.32 Å². The number of hydrogen-bond donors (Lipinski definition) is 0. The molecule has 2 aromatic carbocycles. The van der Waals surface area contributed by atoms with Crippen LogP contribution in [0.4, 0.5) is 0 Å². The van der Waals surface area contributed by atoms with Crippen LogP contribution in [0, 0.1) is 0 Å². The Hall–Kier alpha value is -2.27. The van der Waals surface area contributed by atoms with Gasteiger partial charge in [0.25, 0.3) is 8.32 Å². The Balaban J connectivity index is 1.33. The van der Waals surface area contributed by atoms with Crippen molar-refractivity contribution in [1.82, 2.24) is 0 Å². The van der Waals surface area contributed by atoms with Gasteiger partial charge in [0.05, 0.1) is 139 Å². The highest BCUT2D eigenvalue weighted by molar-refractivity contribution is 6.99. The molecule has 0 aromatic heterocycles. The summed E-state index contributed by atoms with van der Waals surface area (Å²) in [6.45, 7) is 18.1. The maximum atomic E-state index is 11.2. The van der Waals surface area contributed by atoms with Gasteiger partial charge < -0.3 is 51.8 Å². The fourth-order valence-electron chi connectivity index (χ4n) is 5.27. The van der Waals surface area contributed by atoms with Gasteiger partial charge in [0, 0.05) is 0 Å². The molecule has 12 nitrogen and oxygen atoms in total. The molecule has 0 heterocycles. The summed E-state index contributed by atoms with van der Waals surface area (Å²) in [5.74, 6) is -0.250. The van der Waals surface area contributed by atoms with Gasteiger partial charge in [0.15, 0.2) is 0 Å². The van der Waals surface area contributed by atoms with E-state index in [9.17, 15) is 4.79 Å². The van der Waals surface area contributed by atoms with E-state index in [1.165, 1.54) is 10.4 Å². The molecule has 0 aliphatic heterocycles. The largest absolute Gasteiger partial charge is 0.466 e. The molecule has 0 radical (unpaired) electrons. The molecule has 0 N–H and O–H groups in total. The van der Waals surface area contributed by atoms with Crippen LogP contribution >= 0.6 is 0 Å². The summed E-state index contributed by atoms with van der Waals surface area (Å²) >= 11 is 0. The zero-order chi connectivity index (χ0) is 37.4. The monoisotopic (exact) mass is 752 g/mol. The van der Waals surface area contributed by atoms with E-state index in [0.29, 0.717) is 132 Å². The van der Waals surface area contributed by atoms with E-state index in [0.717, 1.165) is 0 Å². The second kappa shape index (κ2) is 30.1. The topological polar surface area (TPSA) is 119 Å². The molecule has 2 aromatic rings. The molecule has 296 valence electrons. The number of hydrogen-bond acceptors (Lipinski definition) is 12. The summed E-state index contributed by atoms with van der Waals surface area (Å²) < 4.78 is 61.4. The van der Waals surface area contributed by atoms with Gasteiger partial charge in [0.1, 0.15) is 0 Å². The van der Waals surface area contributed by atoms with Crippen LogP contribution in [0.2, 0.25) is 5.04 Å². The Bertz CT molecular complexity index is 1060. The van der Waals surface area contributed by atoms with Crippen molar-refractivity contribution >= 4 is 24.7 Å². The molecule has 0 bridgehead atoms. The van der Waals surface area contributed by atoms with Gasteiger partial charge in [-0.05, 0) is 22.3 Å². The van der Waals surface area contributed by atoms with Gasteiger partial charge in [-0.25, -0.2) is 0 Å². The number of carbonyl (C=O) groups is 1. The summed E-state index contributed by atoms with van der Waals surface area (Å²) in [4.78, 5) is 11.2. The normalized spacial score (nSPS) is 12.0. The molecule has 0 aliphatic rings. The highest BCUT2D eigenvalue weighted by Gasteiger charge is 2.50. The van der Waals surface area contributed by atoms with Gasteiger partial charge in [-0.15, -0.1) is 0 Å². The van der Waals surface area contributed by atoms with E-state index in [4.69, 9.17) is 51.8 Å². The minimum absolute atomic E-state index is 0.0589. The van der Waals surface area contributed by atoms with E-state index >= 15 is 0 Å². The molecular formula is C39H64O12Si. The predicted octanol–water partition coefficient (Wildman–Crippen LogP) is 3.67. The lowest BCUT2D eigenvalue weighted by atomic mass is 10.2. The van der Waals surface area contributed by atoms with Crippen molar-refractivity contribution in [3.63, 3.8) is 0 Å². The highest BCUT2D eigenvalue weighted by atomic mass is 28.4. The molecule has 0 unspecified atom stereocenters. The summed E-state index contributed by atoms with van der Waals surface area (Å²) in [7, 11) is -2.54. The van der Waals surface area contributed by atoms with Crippen LogP contribution in [-0.4, -0.2) is 146 Å². The van der Waals surface area contributed by atoms with Crippen molar-refractivity contribution in [2.45, 2.75) is 39.2 Å². The van der Waals surface area contributed by atoms with Crippen molar-refractivity contribution in [2.24, 2.45) is 0 Å². The van der Waals surface area contributed by atoms with E-state index in [-0.39, 0.29) is 17.4 Å². The van der Waals surface area contributed by atoms with Crippen molar-refractivity contribution < 1.29 is 56.6 Å². The van der Waals surface area contributed by atoms with Crippen LogP contribution in [0.1, 0.15) is 34.1 Å². The molecule has 13 heteroatoms. The van der Waals surface area contributed by atoms with Crippen LogP contribution in [-0.2, 0) is 56.6 Å². The molecular weight excluding hydrogens is 689 g/mol. The van der Waals surface area contributed by atoms with Gasteiger partial charge in [-0.3, -0.25) is 4.79 Å².